The van der Waals surface area contributed by atoms with E-state index in [1.807, 2.05) is 52.9 Å². The fourth-order valence-electron chi connectivity index (χ4n) is 3.66. The third kappa shape index (κ3) is 3.09. The summed E-state index contributed by atoms with van der Waals surface area (Å²) in [5, 5.41) is 5.29. The highest BCUT2D eigenvalue weighted by Crippen LogP contribution is 2.26. The van der Waals surface area contributed by atoms with Gasteiger partial charge in [0, 0.05) is 25.2 Å². The van der Waals surface area contributed by atoms with Gasteiger partial charge in [-0.15, -0.1) is 0 Å². The third-order valence-electron chi connectivity index (χ3n) is 5.10. The maximum atomic E-state index is 13.3. The van der Waals surface area contributed by atoms with Gasteiger partial charge in [0.25, 0.3) is 5.91 Å². The maximum Gasteiger partial charge on any atom is 0.254 e. The molecule has 26 heavy (non-hydrogen) atoms. The molecule has 5 heteroatoms. The largest absolute Gasteiger partial charge is 0.339 e. The van der Waals surface area contributed by atoms with Gasteiger partial charge in [0.2, 0.25) is 0 Å². The molecule has 0 atom stereocenters. The van der Waals surface area contributed by atoms with Crippen LogP contribution in [0.2, 0.25) is 0 Å². The van der Waals surface area contributed by atoms with Gasteiger partial charge in [0.1, 0.15) is 0 Å². The molecule has 3 heterocycles. The number of hydrogen-bond acceptors (Lipinski definition) is 3. The number of carbonyl (C=O) groups excluding carboxylic acids is 1. The van der Waals surface area contributed by atoms with Crippen molar-refractivity contribution in [3.05, 3.63) is 48.2 Å². The number of aryl methyl sites for hydroxylation is 1. The summed E-state index contributed by atoms with van der Waals surface area (Å²) in [4.78, 5) is 20.1. The number of amides is 1. The van der Waals surface area contributed by atoms with E-state index in [4.69, 9.17) is 4.98 Å². The van der Waals surface area contributed by atoms with Gasteiger partial charge in [-0.1, -0.05) is 43.2 Å². The first kappa shape index (κ1) is 16.8. The summed E-state index contributed by atoms with van der Waals surface area (Å²) in [7, 11) is 0. The number of fused-ring (bicyclic) bond motifs is 1. The van der Waals surface area contributed by atoms with Crippen molar-refractivity contribution in [2.45, 2.75) is 39.2 Å². The van der Waals surface area contributed by atoms with Crippen LogP contribution in [-0.2, 0) is 6.54 Å². The van der Waals surface area contributed by atoms with Crippen LogP contribution in [-0.4, -0.2) is 38.7 Å². The topological polar surface area (TPSA) is 51.0 Å². The summed E-state index contributed by atoms with van der Waals surface area (Å²) in [5.41, 5.74) is 3.34. The van der Waals surface area contributed by atoms with Crippen molar-refractivity contribution in [1.82, 2.24) is 19.7 Å². The lowest BCUT2D eigenvalue weighted by molar-refractivity contribution is 0.0763. The van der Waals surface area contributed by atoms with Crippen molar-refractivity contribution >= 4 is 16.9 Å². The Bertz CT molecular complexity index is 908. The number of carbonyl (C=O) groups is 1. The minimum Gasteiger partial charge on any atom is -0.339 e. The van der Waals surface area contributed by atoms with Crippen LogP contribution >= 0.6 is 0 Å². The summed E-state index contributed by atoms with van der Waals surface area (Å²) in [6.07, 6.45) is 6.36. The Morgan fingerprint density at radius 2 is 1.81 bits per heavy atom. The van der Waals surface area contributed by atoms with E-state index in [2.05, 4.69) is 5.10 Å². The van der Waals surface area contributed by atoms with Gasteiger partial charge < -0.3 is 4.90 Å². The number of likely N-dealkylation sites (tertiary alicyclic amines) is 1. The van der Waals surface area contributed by atoms with E-state index >= 15 is 0 Å². The zero-order valence-electron chi connectivity index (χ0n) is 15.2. The predicted octanol–water partition coefficient (Wildman–Crippen LogP) is 4.13. The highest BCUT2D eigenvalue weighted by molar-refractivity contribution is 6.06. The standard InChI is InChI=1S/C21H24N4O/c1-2-25-20-18(15-22-25)17(21(26)24-12-8-3-4-9-13-24)14-19(23-20)16-10-6-5-7-11-16/h5-7,10-11,14-15H,2-4,8-9,12-13H2,1H3. The van der Waals surface area contributed by atoms with E-state index in [1.54, 1.807) is 6.20 Å². The molecular weight excluding hydrogens is 324 g/mol. The summed E-state index contributed by atoms with van der Waals surface area (Å²) in [6.45, 7) is 4.45. The molecule has 0 N–H and O–H groups in total. The number of benzene rings is 1. The molecule has 1 aliphatic rings. The molecule has 1 aromatic carbocycles. The second-order valence-electron chi connectivity index (χ2n) is 6.83. The predicted molar refractivity (Wildman–Crippen MR) is 103 cm³/mol. The Morgan fingerprint density at radius 3 is 2.50 bits per heavy atom. The van der Waals surface area contributed by atoms with Crippen LogP contribution in [0.1, 0.15) is 43.0 Å². The molecule has 3 aromatic rings. The molecule has 4 rings (SSSR count). The molecule has 0 aliphatic carbocycles. The molecule has 1 aliphatic heterocycles. The average molecular weight is 348 g/mol. The van der Waals surface area contributed by atoms with Crippen LogP contribution in [0.25, 0.3) is 22.3 Å². The molecule has 1 amide bonds. The van der Waals surface area contributed by atoms with E-state index in [9.17, 15) is 4.79 Å². The first-order valence-corrected chi connectivity index (χ1v) is 9.49. The van der Waals surface area contributed by atoms with Crippen LogP contribution in [0.15, 0.2) is 42.6 Å². The second kappa shape index (κ2) is 7.28. The zero-order valence-corrected chi connectivity index (χ0v) is 15.2. The van der Waals surface area contributed by atoms with Crippen LogP contribution in [0.5, 0.6) is 0 Å². The van der Waals surface area contributed by atoms with Crippen LogP contribution < -0.4 is 0 Å². The van der Waals surface area contributed by atoms with Crippen molar-refractivity contribution in [2.24, 2.45) is 0 Å². The third-order valence-corrected chi connectivity index (χ3v) is 5.10. The van der Waals surface area contributed by atoms with Crippen molar-refractivity contribution in [1.29, 1.82) is 0 Å². The second-order valence-corrected chi connectivity index (χ2v) is 6.83. The van der Waals surface area contributed by atoms with Crippen LogP contribution in [0.4, 0.5) is 0 Å². The lowest BCUT2D eigenvalue weighted by Gasteiger charge is -2.21. The van der Waals surface area contributed by atoms with Crippen molar-refractivity contribution in [3.63, 3.8) is 0 Å². The van der Waals surface area contributed by atoms with Crippen LogP contribution in [0.3, 0.4) is 0 Å². The quantitative estimate of drug-likeness (QED) is 0.715. The average Bonchev–Trinajstić information content (AvgIpc) is 2.91. The van der Waals surface area contributed by atoms with Crippen molar-refractivity contribution < 1.29 is 4.79 Å². The highest BCUT2D eigenvalue weighted by Gasteiger charge is 2.22. The van der Waals surface area contributed by atoms with Gasteiger partial charge in [-0.05, 0) is 25.8 Å². The van der Waals surface area contributed by atoms with E-state index < -0.39 is 0 Å². The van der Waals surface area contributed by atoms with Crippen LogP contribution in [0, 0.1) is 0 Å². The van der Waals surface area contributed by atoms with Crippen molar-refractivity contribution in [3.8, 4) is 11.3 Å². The van der Waals surface area contributed by atoms with E-state index in [0.29, 0.717) is 0 Å². The van der Waals surface area contributed by atoms with Gasteiger partial charge in [-0.25, -0.2) is 9.67 Å². The van der Waals surface area contributed by atoms with Gasteiger partial charge in [-0.3, -0.25) is 4.79 Å². The van der Waals surface area contributed by atoms with Gasteiger partial charge >= 0.3 is 0 Å². The Morgan fingerprint density at radius 1 is 1.08 bits per heavy atom. The SMILES string of the molecule is CCn1ncc2c(C(=O)N3CCCCCC3)cc(-c3ccccc3)nc21. The number of nitrogens with zero attached hydrogens (tertiary/aromatic N) is 4. The molecule has 0 radical (unpaired) electrons. The molecule has 0 unspecified atom stereocenters. The number of hydrogen-bond donors (Lipinski definition) is 0. The maximum absolute atomic E-state index is 13.3. The lowest BCUT2D eigenvalue weighted by Crippen LogP contribution is -2.32. The molecule has 1 fully saturated rings. The minimum atomic E-state index is 0.104. The number of aromatic nitrogens is 3. The zero-order chi connectivity index (χ0) is 17.9. The Balaban J connectivity index is 1.84. The molecule has 5 nitrogen and oxygen atoms in total. The van der Waals surface area contributed by atoms with Crippen molar-refractivity contribution in [2.75, 3.05) is 13.1 Å². The monoisotopic (exact) mass is 348 g/mol. The highest BCUT2D eigenvalue weighted by atomic mass is 16.2. The summed E-state index contributed by atoms with van der Waals surface area (Å²) < 4.78 is 1.86. The molecule has 134 valence electrons. The molecular formula is C21H24N4O. The molecule has 0 saturated carbocycles. The Hall–Kier alpha value is -2.69. The minimum absolute atomic E-state index is 0.104. The first-order chi connectivity index (χ1) is 12.8. The molecule has 2 aromatic heterocycles. The summed E-state index contributed by atoms with van der Waals surface area (Å²) >= 11 is 0. The van der Waals surface area contributed by atoms with Gasteiger partial charge in [-0.2, -0.15) is 5.10 Å². The van der Waals surface area contributed by atoms with Gasteiger partial charge in [0.05, 0.1) is 22.8 Å². The smallest absolute Gasteiger partial charge is 0.254 e. The van der Waals surface area contributed by atoms with Gasteiger partial charge in [0.15, 0.2) is 5.65 Å². The molecule has 0 bridgehead atoms. The Labute approximate surface area is 153 Å². The van der Waals surface area contributed by atoms with E-state index in [1.165, 1.54) is 12.8 Å². The lowest BCUT2D eigenvalue weighted by atomic mass is 10.1. The molecule has 0 spiro atoms. The number of rotatable bonds is 3. The summed E-state index contributed by atoms with van der Waals surface area (Å²) in [6, 6.07) is 12.0. The fourth-order valence-corrected chi connectivity index (χ4v) is 3.66. The normalized spacial score (nSPS) is 15.2. The Kier molecular flexibility index (Phi) is 4.69. The van der Waals surface area contributed by atoms with E-state index in [0.717, 1.165) is 60.3 Å². The summed E-state index contributed by atoms with van der Waals surface area (Å²) in [5.74, 6) is 0.104. The first-order valence-electron chi connectivity index (χ1n) is 9.49. The molecule has 1 saturated heterocycles. The van der Waals surface area contributed by atoms with E-state index in [-0.39, 0.29) is 5.91 Å². The fraction of sp³-hybridized carbons (Fsp3) is 0.381. The number of pyridine rings is 1.